The number of anilines is 3. The van der Waals surface area contributed by atoms with E-state index >= 15 is 0 Å². The van der Waals surface area contributed by atoms with Gasteiger partial charge >= 0.3 is 0 Å². The van der Waals surface area contributed by atoms with Crippen LogP contribution in [-0.2, 0) is 0 Å². The van der Waals surface area contributed by atoms with Crippen molar-refractivity contribution in [2.75, 3.05) is 23.8 Å². The average Bonchev–Trinajstić information content (AvgIpc) is 2.45. The van der Waals surface area contributed by atoms with Gasteiger partial charge in [-0.25, -0.2) is 9.97 Å². The summed E-state index contributed by atoms with van der Waals surface area (Å²) in [7, 11) is 1.93. The van der Waals surface area contributed by atoms with Gasteiger partial charge in [-0.1, -0.05) is 12.1 Å². The molecule has 0 radical (unpaired) electrons. The lowest BCUT2D eigenvalue weighted by Crippen LogP contribution is -2.12. The van der Waals surface area contributed by atoms with E-state index in [0.29, 0.717) is 5.82 Å². The van der Waals surface area contributed by atoms with Crippen LogP contribution >= 0.6 is 15.9 Å². The van der Waals surface area contributed by atoms with Gasteiger partial charge in [0.25, 0.3) is 0 Å². The van der Waals surface area contributed by atoms with Gasteiger partial charge in [-0.3, -0.25) is 0 Å². The third kappa shape index (κ3) is 3.20. The van der Waals surface area contributed by atoms with Crippen molar-refractivity contribution in [3.63, 3.8) is 0 Å². The Morgan fingerprint density at radius 3 is 2.89 bits per heavy atom. The first kappa shape index (κ1) is 13.3. The van der Waals surface area contributed by atoms with Crippen LogP contribution in [0.2, 0.25) is 0 Å². The Balaban J connectivity index is 2.27. The number of benzene rings is 1. The summed E-state index contributed by atoms with van der Waals surface area (Å²) < 4.78 is 0.989. The van der Waals surface area contributed by atoms with Crippen molar-refractivity contribution in [1.82, 2.24) is 9.97 Å². The molecule has 0 saturated carbocycles. The summed E-state index contributed by atoms with van der Waals surface area (Å²) in [6, 6.07) is 11.7. The van der Waals surface area contributed by atoms with E-state index in [2.05, 4.69) is 31.2 Å². The predicted molar refractivity (Wildman–Crippen MR) is 78.3 cm³/mol. The van der Waals surface area contributed by atoms with E-state index in [9.17, 15) is 0 Å². The number of halogens is 1. The van der Waals surface area contributed by atoms with E-state index in [1.165, 1.54) is 6.33 Å². The minimum Gasteiger partial charge on any atom is -0.357 e. The van der Waals surface area contributed by atoms with Gasteiger partial charge in [0.05, 0.1) is 11.8 Å². The number of rotatable bonds is 4. The molecule has 2 aromatic rings. The van der Waals surface area contributed by atoms with Gasteiger partial charge in [-0.05, 0) is 28.1 Å². The van der Waals surface area contributed by atoms with Gasteiger partial charge in [-0.2, -0.15) is 5.26 Å². The van der Waals surface area contributed by atoms with Crippen molar-refractivity contribution in [1.29, 1.82) is 5.26 Å². The lowest BCUT2D eigenvalue weighted by molar-refractivity contribution is 1.07. The van der Waals surface area contributed by atoms with Gasteiger partial charge in [0.2, 0.25) is 0 Å². The average molecular weight is 318 g/mol. The van der Waals surface area contributed by atoms with Crippen molar-refractivity contribution in [3.05, 3.63) is 41.1 Å². The fraction of sp³-hybridized carbons (Fsp3) is 0.154. The van der Waals surface area contributed by atoms with Crippen LogP contribution in [0.3, 0.4) is 0 Å². The third-order valence-corrected chi connectivity index (χ3v) is 3.23. The van der Waals surface area contributed by atoms with Gasteiger partial charge in [-0.15, -0.1) is 0 Å². The molecule has 19 heavy (non-hydrogen) atoms. The Hall–Kier alpha value is -2.13. The van der Waals surface area contributed by atoms with E-state index in [1.807, 2.05) is 42.3 Å². The normalized spacial score (nSPS) is 9.74. The molecule has 1 N–H and O–H groups in total. The zero-order valence-electron chi connectivity index (χ0n) is 10.3. The van der Waals surface area contributed by atoms with Gasteiger partial charge in [0.1, 0.15) is 24.5 Å². The van der Waals surface area contributed by atoms with Crippen molar-refractivity contribution in [2.24, 2.45) is 0 Å². The molecule has 0 fully saturated rings. The number of nitriles is 1. The molecule has 0 aliphatic carbocycles. The van der Waals surface area contributed by atoms with Crippen molar-refractivity contribution in [2.45, 2.75) is 0 Å². The highest BCUT2D eigenvalue weighted by molar-refractivity contribution is 9.10. The summed E-state index contributed by atoms with van der Waals surface area (Å²) >= 11 is 3.51. The van der Waals surface area contributed by atoms with Crippen LogP contribution in [0.5, 0.6) is 0 Å². The van der Waals surface area contributed by atoms with Crippen LogP contribution in [-0.4, -0.2) is 23.6 Å². The van der Waals surface area contributed by atoms with Crippen LogP contribution < -0.4 is 10.2 Å². The molecule has 1 aromatic carbocycles. The van der Waals surface area contributed by atoms with Gasteiger partial charge < -0.3 is 10.2 Å². The minimum atomic E-state index is 0.217. The van der Waals surface area contributed by atoms with Crippen LogP contribution in [0.4, 0.5) is 17.3 Å². The van der Waals surface area contributed by atoms with Crippen LogP contribution in [0, 0.1) is 11.3 Å². The monoisotopic (exact) mass is 317 g/mol. The lowest BCUT2D eigenvalue weighted by atomic mass is 10.3. The Labute approximate surface area is 120 Å². The topological polar surface area (TPSA) is 64.8 Å². The lowest BCUT2D eigenvalue weighted by Gasteiger charge is -2.19. The summed E-state index contributed by atoms with van der Waals surface area (Å²) in [5.41, 5.74) is 1.01. The summed E-state index contributed by atoms with van der Waals surface area (Å²) in [6.07, 6.45) is 1.47. The fourth-order valence-corrected chi connectivity index (χ4v) is 2.16. The van der Waals surface area contributed by atoms with Crippen LogP contribution in [0.15, 0.2) is 41.1 Å². The highest BCUT2D eigenvalue weighted by Crippen LogP contribution is 2.29. The Morgan fingerprint density at radius 2 is 2.16 bits per heavy atom. The number of nitrogens with zero attached hydrogens (tertiary/aromatic N) is 4. The van der Waals surface area contributed by atoms with Crippen molar-refractivity contribution >= 4 is 33.3 Å². The standard InChI is InChI=1S/C13H12BrN5/c1-19(11-5-3-2-4-10(11)14)13-8-12(16-7-6-15)17-9-18-13/h2-5,8-9H,7H2,1H3,(H,16,17,18). The molecular weight excluding hydrogens is 306 g/mol. The smallest absolute Gasteiger partial charge is 0.138 e. The van der Waals surface area contributed by atoms with Crippen molar-refractivity contribution in [3.8, 4) is 6.07 Å². The first-order valence-electron chi connectivity index (χ1n) is 5.63. The number of nitrogens with one attached hydrogen (secondary N) is 1. The first-order chi connectivity index (χ1) is 9.22. The second-order valence-corrected chi connectivity index (χ2v) is 4.64. The zero-order valence-corrected chi connectivity index (χ0v) is 11.9. The second-order valence-electron chi connectivity index (χ2n) is 3.78. The number of hydrogen-bond acceptors (Lipinski definition) is 5. The highest BCUT2D eigenvalue weighted by Gasteiger charge is 2.09. The van der Waals surface area contributed by atoms with Crippen LogP contribution in [0.25, 0.3) is 0 Å². The van der Waals surface area contributed by atoms with E-state index < -0.39 is 0 Å². The van der Waals surface area contributed by atoms with E-state index in [0.717, 1.165) is 16.0 Å². The molecule has 0 saturated heterocycles. The molecular formula is C13H12BrN5. The summed E-state index contributed by atoms with van der Waals surface area (Å²) in [5, 5.41) is 11.5. The maximum Gasteiger partial charge on any atom is 0.138 e. The molecule has 6 heteroatoms. The molecule has 0 aliphatic rings. The quantitative estimate of drug-likeness (QED) is 0.878. The van der Waals surface area contributed by atoms with E-state index in [1.54, 1.807) is 6.07 Å². The molecule has 1 aromatic heterocycles. The largest absolute Gasteiger partial charge is 0.357 e. The van der Waals surface area contributed by atoms with E-state index in [-0.39, 0.29) is 6.54 Å². The molecule has 0 unspecified atom stereocenters. The maximum absolute atomic E-state index is 8.55. The molecule has 2 rings (SSSR count). The number of para-hydroxylation sites is 1. The summed E-state index contributed by atoms with van der Waals surface area (Å²) in [5.74, 6) is 1.38. The molecule has 96 valence electrons. The van der Waals surface area contributed by atoms with Gasteiger partial charge in [0.15, 0.2) is 0 Å². The maximum atomic E-state index is 8.55. The SMILES string of the molecule is CN(c1cc(NCC#N)ncn1)c1ccccc1Br. The fourth-order valence-electron chi connectivity index (χ4n) is 1.60. The minimum absolute atomic E-state index is 0.217. The molecule has 0 aliphatic heterocycles. The molecule has 5 nitrogen and oxygen atoms in total. The predicted octanol–water partition coefficient (Wildman–Crippen LogP) is 2.94. The molecule has 1 heterocycles. The number of hydrogen-bond donors (Lipinski definition) is 1. The molecule has 0 bridgehead atoms. The molecule has 0 spiro atoms. The van der Waals surface area contributed by atoms with Crippen molar-refractivity contribution < 1.29 is 0 Å². The first-order valence-corrected chi connectivity index (χ1v) is 6.43. The van der Waals surface area contributed by atoms with Gasteiger partial charge in [0, 0.05) is 17.6 Å². The Bertz CT molecular complexity index is 608. The Kier molecular flexibility index (Phi) is 4.31. The summed E-state index contributed by atoms with van der Waals surface area (Å²) in [6.45, 7) is 0.217. The molecule has 0 amide bonds. The highest BCUT2D eigenvalue weighted by atomic mass is 79.9. The van der Waals surface area contributed by atoms with E-state index in [4.69, 9.17) is 5.26 Å². The van der Waals surface area contributed by atoms with Crippen LogP contribution in [0.1, 0.15) is 0 Å². The second kappa shape index (κ2) is 6.16. The zero-order chi connectivity index (χ0) is 13.7. The Morgan fingerprint density at radius 1 is 1.37 bits per heavy atom. The molecule has 0 atom stereocenters. The summed E-state index contributed by atoms with van der Waals surface area (Å²) in [4.78, 5) is 10.2. The number of aromatic nitrogens is 2. The third-order valence-electron chi connectivity index (χ3n) is 2.56.